The molecule has 0 spiro atoms. The summed E-state index contributed by atoms with van der Waals surface area (Å²) in [5.74, 6) is -1.70. The van der Waals surface area contributed by atoms with Gasteiger partial charge in [-0.1, -0.05) is 12.1 Å². The van der Waals surface area contributed by atoms with Gasteiger partial charge in [-0.15, -0.1) is 0 Å². The highest BCUT2D eigenvalue weighted by Crippen LogP contribution is 2.10. The van der Waals surface area contributed by atoms with Crippen molar-refractivity contribution in [1.29, 1.82) is 0 Å². The number of benzene rings is 1. The van der Waals surface area contributed by atoms with Gasteiger partial charge in [-0.05, 0) is 6.07 Å². The van der Waals surface area contributed by atoms with Gasteiger partial charge in [-0.2, -0.15) is 5.48 Å². The van der Waals surface area contributed by atoms with Crippen LogP contribution in [0.1, 0.15) is 5.56 Å². The highest BCUT2D eigenvalue weighted by Gasteiger charge is 2.06. The van der Waals surface area contributed by atoms with E-state index in [1.54, 1.807) is 7.11 Å². The third kappa shape index (κ3) is 3.91. The number of nitrogens with one attached hydrogen (secondary N) is 1. The minimum Gasteiger partial charge on any atom is -0.382 e. The summed E-state index contributed by atoms with van der Waals surface area (Å²) in [6, 6.07) is 4.01. The van der Waals surface area contributed by atoms with Gasteiger partial charge < -0.3 is 4.74 Å². The Kier molecular flexibility index (Phi) is 5.17. The Hall–Kier alpha value is -1.04. The average Bonchev–Trinajstić information content (AvgIpc) is 2.24. The van der Waals surface area contributed by atoms with E-state index in [4.69, 9.17) is 9.57 Å². The highest BCUT2D eigenvalue weighted by molar-refractivity contribution is 5.18. The molecule has 0 bridgehead atoms. The molecule has 0 heterocycles. The number of rotatable bonds is 6. The Balaban J connectivity index is 2.34. The third-order valence-corrected chi connectivity index (χ3v) is 1.79. The predicted octanol–water partition coefficient (Wildman–Crippen LogP) is 1.63. The number of halogens is 2. The fourth-order valence-corrected chi connectivity index (χ4v) is 1.01. The SMILES string of the molecule is COCCONCc1cccc(F)c1F. The Morgan fingerprint density at radius 1 is 1.27 bits per heavy atom. The van der Waals surface area contributed by atoms with Gasteiger partial charge in [-0.25, -0.2) is 8.78 Å². The molecule has 0 aromatic heterocycles. The smallest absolute Gasteiger partial charge is 0.163 e. The zero-order valence-electron chi connectivity index (χ0n) is 8.43. The van der Waals surface area contributed by atoms with Crippen molar-refractivity contribution < 1.29 is 18.4 Å². The Bertz CT molecular complexity index is 307. The molecule has 15 heavy (non-hydrogen) atoms. The van der Waals surface area contributed by atoms with Gasteiger partial charge in [0.05, 0.1) is 13.2 Å². The molecule has 0 saturated heterocycles. The van der Waals surface area contributed by atoms with Crippen LogP contribution in [0.5, 0.6) is 0 Å². The van der Waals surface area contributed by atoms with E-state index in [1.807, 2.05) is 0 Å². The molecular formula is C10H13F2NO2. The predicted molar refractivity (Wildman–Crippen MR) is 51.0 cm³/mol. The molecule has 0 amide bonds. The van der Waals surface area contributed by atoms with Gasteiger partial charge >= 0.3 is 0 Å². The average molecular weight is 217 g/mol. The normalized spacial score (nSPS) is 10.6. The summed E-state index contributed by atoms with van der Waals surface area (Å²) in [5, 5.41) is 0. The largest absolute Gasteiger partial charge is 0.382 e. The molecule has 5 heteroatoms. The minimum atomic E-state index is -0.855. The molecule has 1 aromatic carbocycles. The maximum Gasteiger partial charge on any atom is 0.163 e. The number of ether oxygens (including phenoxy) is 1. The van der Waals surface area contributed by atoms with Crippen LogP contribution in [0.2, 0.25) is 0 Å². The van der Waals surface area contributed by atoms with Crippen LogP contribution in [-0.4, -0.2) is 20.3 Å². The lowest BCUT2D eigenvalue weighted by Gasteiger charge is -2.06. The van der Waals surface area contributed by atoms with Crippen molar-refractivity contribution in [2.75, 3.05) is 20.3 Å². The molecule has 0 atom stereocenters. The summed E-state index contributed by atoms with van der Waals surface area (Å²) in [7, 11) is 1.55. The molecule has 1 N–H and O–H groups in total. The molecule has 3 nitrogen and oxygen atoms in total. The van der Waals surface area contributed by atoms with Crippen molar-refractivity contribution in [3.05, 3.63) is 35.4 Å². The van der Waals surface area contributed by atoms with Crippen LogP contribution in [0, 0.1) is 11.6 Å². The highest BCUT2D eigenvalue weighted by atomic mass is 19.2. The molecular weight excluding hydrogens is 204 g/mol. The summed E-state index contributed by atoms with van der Waals surface area (Å²) in [5.41, 5.74) is 2.75. The van der Waals surface area contributed by atoms with Crippen LogP contribution in [0.4, 0.5) is 8.78 Å². The Morgan fingerprint density at radius 3 is 2.80 bits per heavy atom. The second-order valence-electron chi connectivity index (χ2n) is 2.88. The summed E-state index contributed by atoms with van der Waals surface area (Å²) >= 11 is 0. The second-order valence-corrected chi connectivity index (χ2v) is 2.88. The van der Waals surface area contributed by atoms with E-state index in [9.17, 15) is 8.78 Å². The van der Waals surface area contributed by atoms with Crippen LogP contribution in [-0.2, 0) is 16.1 Å². The van der Waals surface area contributed by atoms with E-state index in [-0.39, 0.29) is 12.1 Å². The molecule has 0 aliphatic carbocycles. The van der Waals surface area contributed by atoms with Gasteiger partial charge in [0, 0.05) is 19.2 Å². The van der Waals surface area contributed by atoms with Crippen molar-refractivity contribution >= 4 is 0 Å². The van der Waals surface area contributed by atoms with Crippen LogP contribution in [0.3, 0.4) is 0 Å². The van der Waals surface area contributed by atoms with E-state index >= 15 is 0 Å². The van der Waals surface area contributed by atoms with Crippen molar-refractivity contribution in [2.24, 2.45) is 0 Å². The summed E-state index contributed by atoms with van der Waals surface area (Å²) in [6.07, 6.45) is 0. The fourth-order valence-electron chi connectivity index (χ4n) is 1.01. The molecule has 0 aliphatic heterocycles. The summed E-state index contributed by atoms with van der Waals surface area (Å²) in [6.45, 7) is 0.916. The first-order valence-corrected chi connectivity index (χ1v) is 4.52. The van der Waals surface area contributed by atoms with E-state index < -0.39 is 11.6 Å². The Morgan fingerprint density at radius 2 is 2.07 bits per heavy atom. The molecule has 1 rings (SSSR count). The first kappa shape index (κ1) is 12.0. The van der Waals surface area contributed by atoms with Crippen LogP contribution < -0.4 is 5.48 Å². The number of hydrogen-bond acceptors (Lipinski definition) is 3. The van der Waals surface area contributed by atoms with E-state index in [0.717, 1.165) is 6.07 Å². The molecule has 1 aromatic rings. The number of hydroxylamine groups is 1. The zero-order chi connectivity index (χ0) is 11.1. The third-order valence-electron chi connectivity index (χ3n) is 1.79. The van der Waals surface area contributed by atoms with Crippen molar-refractivity contribution in [2.45, 2.75) is 6.54 Å². The lowest BCUT2D eigenvalue weighted by Crippen LogP contribution is -2.18. The van der Waals surface area contributed by atoms with Gasteiger partial charge in [-0.3, -0.25) is 4.84 Å². The summed E-state index contributed by atoms with van der Waals surface area (Å²) < 4.78 is 30.6. The maximum atomic E-state index is 13.1. The quantitative estimate of drug-likeness (QED) is 0.580. The monoisotopic (exact) mass is 217 g/mol. The summed E-state index contributed by atoms with van der Waals surface area (Å²) in [4.78, 5) is 4.91. The number of methoxy groups -OCH3 is 1. The zero-order valence-corrected chi connectivity index (χ0v) is 8.43. The van der Waals surface area contributed by atoms with Gasteiger partial charge in [0.25, 0.3) is 0 Å². The number of hydrogen-bond donors (Lipinski definition) is 1. The lowest BCUT2D eigenvalue weighted by molar-refractivity contribution is 0.00301. The Labute approximate surface area is 87.0 Å². The van der Waals surface area contributed by atoms with Crippen LogP contribution >= 0.6 is 0 Å². The van der Waals surface area contributed by atoms with Crippen molar-refractivity contribution in [1.82, 2.24) is 5.48 Å². The molecule has 0 fully saturated rings. The molecule has 0 aliphatic rings. The minimum absolute atomic E-state index is 0.118. The first-order chi connectivity index (χ1) is 7.25. The van der Waals surface area contributed by atoms with Crippen molar-refractivity contribution in [3.8, 4) is 0 Å². The van der Waals surface area contributed by atoms with E-state index in [2.05, 4.69) is 5.48 Å². The van der Waals surface area contributed by atoms with Crippen LogP contribution in [0.15, 0.2) is 18.2 Å². The lowest BCUT2D eigenvalue weighted by atomic mass is 10.2. The van der Waals surface area contributed by atoms with Gasteiger partial charge in [0.1, 0.15) is 0 Å². The molecule has 84 valence electrons. The van der Waals surface area contributed by atoms with Gasteiger partial charge in [0.15, 0.2) is 11.6 Å². The maximum absolute atomic E-state index is 13.1. The fraction of sp³-hybridized carbons (Fsp3) is 0.400. The standard InChI is InChI=1S/C10H13F2NO2/c1-14-5-6-15-13-7-8-3-2-4-9(11)10(8)12/h2-4,13H,5-7H2,1H3. The van der Waals surface area contributed by atoms with Crippen LogP contribution in [0.25, 0.3) is 0 Å². The topological polar surface area (TPSA) is 30.5 Å². The van der Waals surface area contributed by atoms with E-state index in [0.29, 0.717) is 13.2 Å². The first-order valence-electron chi connectivity index (χ1n) is 4.52. The molecule has 0 unspecified atom stereocenters. The molecule has 0 radical (unpaired) electrons. The second kappa shape index (κ2) is 6.44. The van der Waals surface area contributed by atoms with Crippen molar-refractivity contribution in [3.63, 3.8) is 0 Å². The van der Waals surface area contributed by atoms with E-state index in [1.165, 1.54) is 12.1 Å². The molecule has 0 saturated carbocycles. The van der Waals surface area contributed by atoms with Gasteiger partial charge in [0.2, 0.25) is 0 Å².